The van der Waals surface area contributed by atoms with E-state index in [-0.39, 0.29) is 5.92 Å². The normalized spacial score (nSPS) is 17.8. The molecule has 2 nitrogen and oxygen atoms in total. The molecule has 0 radical (unpaired) electrons. The molecule has 1 aromatic rings. The number of hydrogen-bond acceptors (Lipinski definition) is 1. The Bertz CT molecular complexity index is 380. The van der Waals surface area contributed by atoms with Crippen LogP contribution in [0, 0.1) is 12.8 Å². The van der Waals surface area contributed by atoms with Crippen molar-refractivity contribution in [2.45, 2.75) is 38.5 Å². The minimum Gasteiger partial charge on any atom is -0.481 e. The van der Waals surface area contributed by atoms with Crippen LogP contribution in [0.3, 0.4) is 0 Å². The Balaban J connectivity index is 2.18. The Morgan fingerprint density at radius 3 is 2.62 bits per heavy atom. The van der Waals surface area contributed by atoms with Gasteiger partial charge in [-0.25, -0.2) is 0 Å². The SMILES string of the molecule is Cc1ccccc1C(CC1CCC1)C(=O)O. The first-order valence-corrected chi connectivity index (χ1v) is 5.97. The van der Waals surface area contributed by atoms with Crippen LogP contribution in [0.25, 0.3) is 0 Å². The highest BCUT2D eigenvalue weighted by molar-refractivity contribution is 5.76. The molecule has 0 aromatic heterocycles. The Labute approximate surface area is 96.3 Å². The Morgan fingerprint density at radius 2 is 2.12 bits per heavy atom. The Kier molecular flexibility index (Phi) is 3.28. The van der Waals surface area contributed by atoms with Gasteiger partial charge in [-0.1, -0.05) is 43.5 Å². The summed E-state index contributed by atoms with van der Waals surface area (Å²) in [5.74, 6) is -0.367. The number of rotatable bonds is 4. The zero-order valence-electron chi connectivity index (χ0n) is 9.65. The molecule has 1 saturated carbocycles. The summed E-state index contributed by atoms with van der Waals surface area (Å²) in [4.78, 5) is 11.3. The molecule has 0 heterocycles. The molecular formula is C14H18O2. The summed E-state index contributed by atoms with van der Waals surface area (Å²) < 4.78 is 0. The highest BCUT2D eigenvalue weighted by atomic mass is 16.4. The molecule has 0 spiro atoms. The maximum Gasteiger partial charge on any atom is 0.310 e. The van der Waals surface area contributed by atoms with Crippen molar-refractivity contribution in [3.63, 3.8) is 0 Å². The van der Waals surface area contributed by atoms with Gasteiger partial charge in [0.05, 0.1) is 5.92 Å². The second-order valence-electron chi connectivity index (χ2n) is 4.78. The van der Waals surface area contributed by atoms with Crippen molar-refractivity contribution in [2.75, 3.05) is 0 Å². The lowest BCUT2D eigenvalue weighted by atomic mass is 9.76. The van der Waals surface area contributed by atoms with Crippen LogP contribution in [0.5, 0.6) is 0 Å². The molecule has 16 heavy (non-hydrogen) atoms. The van der Waals surface area contributed by atoms with Crippen molar-refractivity contribution < 1.29 is 9.90 Å². The number of aliphatic carboxylic acids is 1. The number of carboxylic acids is 1. The van der Waals surface area contributed by atoms with Gasteiger partial charge >= 0.3 is 5.97 Å². The fourth-order valence-electron chi connectivity index (χ4n) is 2.40. The van der Waals surface area contributed by atoms with Gasteiger partial charge in [0.2, 0.25) is 0 Å². The largest absolute Gasteiger partial charge is 0.481 e. The molecule has 1 atom stereocenters. The molecular weight excluding hydrogens is 200 g/mol. The third-order valence-electron chi connectivity index (χ3n) is 3.66. The van der Waals surface area contributed by atoms with Crippen molar-refractivity contribution >= 4 is 5.97 Å². The van der Waals surface area contributed by atoms with Gasteiger partial charge in [0, 0.05) is 0 Å². The van der Waals surface area contributed by atoms with Crippen LogP contribution < -0.4 is 0 Å². The average Bonchev–Trinajstić information content (AvgIpc) is 2.18. The molecule has 0 saturated heterocycles. The molecule has 2 heteroatoms. The molecule has 0 aliphatic heterocycles. The maximum absolute atomic E-state index is 11.3. The van der Waals surface area contributed by atoms with Gasteiger partial charge in [-0.05, 0) is 30.4 Å². The van der Waals surface area contributed by atoms with Crippen LogP contribution in [0.2, 0.25) is 0 Å². The van der Waals surface area contributed by atoms with Crippen LogP contribution in [-0.4, -0.2) is 11.1 Å². The van der Waals surface area contributed by atoms with E-state index in [2.05, 4.69) is 0 Å². The highest BCUT2D eigenvalue weighted by Crippen LogP contribution is 2.36. The molecule has 86 valence electrons. The van der Waals surface area contributed by atoms with Gasteiger partial charge in [0.15, 0.2) is 0 Å². The summed E-state index contributed by atoms with van der Waals surface area (Å²) in [6.45, 7) is 1.99. The predicted molar refractivity (Wildman–Crippen MR) is 63.5 cm³/mol. The van der Waals surface area contributed by atoms with E-state index in [4.69, 9.17) is 0 Å². The van der Waals surface area contributed by atoms with Gasteiger partial charge in [0.1, 0.15) is 0 Å². The third kappa shape index (κ3) is 2.26. The molecule has 1 aliphatic carbocycles. The summed E-state index contributed by atoms with van der Waals surface area (Å²) in [7, 11) is 0. The molecule has 1 unspecified atom stereocenters. The predicted octanol–water partition coefficient (Wildman–Crippen LogP) is 3.35. The number of carbonyl (C=O) groups is 1. The van der Waals surface area contributed by atoms with Crippen molar-refractivity contribution in [1.82, 2.24) is 0 Å². The highest BCUT2D eigenvalue weighted by Gasteiger charge is 2.28. The van der Waals surface area contributed by atoms with E-state index in [1.165, 1.54) is 19.3 Å². The summed E-state index contributed by atoms with van der Waals surface area (Å²) in [5.41, 5.74) is 2.08. The van der Waals surface area contributed by atoms with Gasteiger partial charge in [-0.15, -0.1) is 0 Å². The van der Waals surface area contributed by atoms with Crippen LogP contribution in [0.4, 0.5) is 0 Å². The molecule has 1 N–H and O–H groups in total. The van der Waals surface area contributed by atoms with Crippen LogP contribution >= 0.6 is 0 Å². The van der Waals surface area contributed by atoms with Crippen LogP contribution in [0.15, 0.2) is 24.3 Å². The topological polar surface area (TPSA) is 37.3 Å². The van der Waals surface area contributed by atoms with E-state index < -0.39 is 5.97 Å². The summed E-state index contributed by atoms with van der Waals surface area (Å²) in [6, 6.07) is 7.83. The number of hydrogen-bond donors (Lipinski definition) is 1. The summed E-state index contributed by atoms with van der Waals surface area (Å²) in [5, 5.41) is 9.32. The number of benzene rings is 1. The van der Waals surface area contributed by atoms with E-state index >= 15 is 0 Å². The van der Waals surface area contributed by atoms with E-state index in [0.29, 0.717) is 5.92 Å². The summed E-state index contributed by atoms with van der Waals surface area (Å²) >= 11 is 0. The van der Waals surface area contributed by atoms with Gasteiger partial charge in [0.25, 0.3) is 0 Å². The average molecular weight is 218 g/mol. The van der Waals surface area contributed by atoms with Crippen molar-refractivity contribution in [3.05, 3.63) is 35.4 Å². The molecule has 2 rings (SSSR count). The molecule has 1 fully saturated rings. The second-order valence-corrected chi connectivity index (χ2v) is 4.78. The lowest BCUT2D eigenvalue weighted by molar-refractivity contribution is -0.139. The molecule has 1 aromatic carbocycles. The fourth-order valence-corrected chi connectivity index (χ4v) is 2.40. The molecule has 0 amide bonds. The van der Waals surface area contributed by atoms with E-state index in [9.17, 15) is 9.90 Å². The first-order valence-electron chi connectivity index (χ1n) is 5.97. The number of aryl methyl sites for hydroxylation is 1. The van der Waals surface area contributed by atoms with Gasteiger partial charge < -0.3 is 5.11 Å². The lowest BCUT2D eigenvalue weighted by Gasteiger charge is -2.28. The van der Waals surface area contributed by atoms with Crippen molar-refractivity contribution in [2.24, 2.45) is 5.92 Å². The standard InChI is InChI=1S/C14H18O2/c1-10-5-2-3-8-12(10)13(14(15)16)9-11-6-4-7-11/h2-3,5,8,11,13H,4,6-7,9H2,1H3,(H,15,16). The molecule has 1 aliphatic rings. The zero-order chi connectivity index (χ0) is 11.5. The molecule has 0 bridgehead atoms. The Morgan fingerprint density at radius 1 is 1.44 bits per heavy atom. The van der Waals surface area contributed by atoms with Crippen LogP contribution in [0.1, 0.15) is 42.7 Å². The fraction of sp³-hybridized carbons (Fsp3) is 0.500. The van der Waals surface area contributed by atoms with Gasteiger partial charge in [-0.2, -0.15) is 0 Å². The van der Waals surface area contributed by atoms with E-state index in [1.54, 1.807) is 0 Å². The first kappa shape index (κ1) is 11.2. The monoisotopic (exact) mass is 218 g/mol. The second kappa shape index (κ2) is 4.69. The van der Waals surface area contributed by atoms with Crippen molar-refractivity contribution in [3.8, 4) is 0 Å². The third-order valence-corrected chi connectivity index (χ3v) is 3.66. The maximum atomic E-state index is 11.3. The zero-order valence-corrected chi connectivity index (χ0v) is 9.65. The minimum atomic E-state index is -0.679. The van der Waals surface area contributed by atoms with Gasteiger partial charge in [-0.3, -0.25) is 4.79 Å². The number of carboxylic acid groups (broad SMARTS) is 1. The van der Waals surface area contributed by atoms with E-state index in [0.717, 1.165) is 17.5 Å². The minimum absolute atomic E-state index is 0.313. The summed E-state index contributed by atoms with van der Waals surface area (Å²) in [6.07, 6.45) is 4.48. The first-order chi connectivity index (χ1) is 7.68. The lowest BCUT2D eigenvalue weighted by Crippen LogP contribution is -2.20. The van der Waals surface area contributed by atoms with Crippen molar-refractivity contribution in [1.29, 1.82) is 0 Å². The quantitative estimate of drug-likeness (QED) is 0.841. The Hall–Kier alpha value is -1.31. The van der Waals surface area contributed by atoms with E-state index in [1.807, 2.05) is 31.2 Å². The van der Waals surface area contributed by atoms with Crippen LogP contribution in [-0.2, 0) is 4.79 Å². The smallest absolute Gasteiger partial charge is 0.310 e.